The van der Waals surface area contributed by atoms with E-state index in [0.717, 1.165) is 31.8 Å². The van der Waals surface area contributed by atoms with E-state index in [1.807, 2.05) is 12.1 Å². The molecule has 1 aliphatic heterocycles. The second kappa shape index (κ2) is 8.73. The average molecular weight is 329 g/mol. The van der Waals surface area contributed by atoms with Crippen LogP contribution in [0.3, 0.4) is 0 Å². The number of nitrogens with two attached hydrogens (primary N) is 1. The van der Waals surface area contributed by atoms with Crippen LogP contribution in [0.4, 0.5) is 0 Å². The molecule has 1 fully saturated rings. The number of likely N-dealkylation sites (tertiary alicyclic amines) is 1. The Hall–Kier alpha value is -0.810. The molecule has 0 aromatic heterocycles. The van der Waals surface area contributed by atoms with Crippen LogP contribution in [0.5, 0.6) is 5.75 Å². The van der Waals surface area contributed by atoms with Crippen molar-refractivity contribution in [3.05, 3.63) is 29.8 Å². The quantitative estimate of drug-likeness (QED) is 0.816. The standard InChI is InChI=1S/C17H28N2O2.ClH/c1-17(2)13-19(9-8-16(17)18)12-14-6-4-5-7-15(14)21-11-10-20-3;/h4-7,16H,8-13,18H2,1-3H3;1H. The first-order valence-corrected chi connectivity index (χ1v) is 7.70. The number of hydrogen-bond donors (Lipinski definition) is 1. The predicted octanol–water partition coefficient (Wildman–Crippen LogP) is 2.69. The fraction of sp³-hybridized carbons (Fsp3) is 0.647. The molecule has 0 spiro atoms. The van der Waals surface area contributed by atoms with Gasteiger partial charge in [0, 0.05) is 38.3 Å². The van der Waals surface area contributed by atoms with Gasteiger partial charge >= 0.3 is 0 Å². The zero-order valence-electron chi connectivity index (χ0n) is 13.9. The molecule has 0 bridgehead atoms. The summed E-state index contributed by atoms with van der Waals surface area (Å²) in [6.45, 7) is 8.70. The third-order valence-electron chi connectivity index (χ3n) is 4.30. The van der Waals surface area contributed by atoms with Gasteiger partial charge in [0.25, 0.3) is 0 Å². The molecule has 22 heavy (non-hydrogen) atoms. The fourth-order valence-corrected chi connectivity index (χ4v) is 2.87. The molecule has 2 rings (SSSR count). The van der Waals surface area contributed by atoms with E-state index in [9.17, 15) is 0 Å². The Balaban J connectivity index is 0.00000242. The Morgan fingerprint density at radius 3 is 2.68 bits per heavy atom. The van der Waals surface area contributed by atoms with E-state index >= 15 is 0 Å². The van der Waals surface area contributed by atoms with Crippen molar-refractivity contribution < 1.29 is 9.47 Å². The summed E-state index contributed by atoms with van der Waals surface area (Å²) >= 11 is 0. The van der Waals surface area contributed by atoms with Crippen LogP contribution < -0.4 is 10.5 Å². The van der Waals surface area contributed by atoms with E-state index < -0.39 is 0 Å². The first kappa shape index (κ1) is 19.2. The summed E-state index contributed by atoms with van der Waals surface area (Å²) in [6, 6.07) is 8.55. The smallest absolute Gasteiger partial charge is 0.123 e. The van der Waals surface area contributed by atoms with Crippen molar-refractivity contribution in [1.82, 2.24) is 4.90 Å². The molecule has 5 heteroatoms. The number of piperidine rings is 1. The molecule has 0 amide bonds. The first-order chi connectivity index (χ1) is 10.0. The van der Waals surface area contributed by atoms with E-state index in [4.69, 9.17) is 15.2 Å². The van der Waals surface area contributed by atoms with Crippen molar-refractivity contribution in [2.75, 3.05) is 33.4 Å². The second-order valence-corrected chi connectivity index (χ2v) is 6.54. The highest BCUT2D eigenvalue weighted by molar-refractivity contribution is 5.85. The average Bonchev–Trinajstić information content (AvgIpc) is 2.45. The van der Waals surface area contributed by atoms with E-state index in [-0.39, 0.29) is 17.8 Å². The lowest BCUT2D eigenvalue weighted by molar-refractivity contribution is 0.0884. The van der Waals surface area contributed by atoms with Crippen molar-refractivity contribution in [1.29, 1.82) is 0 Å². The molecular formula is C17H29ClN2O2. The maximum absolute atomic E-state index is 6.21. The van der Waals surface area contributed by atoms with Crippen molar-refractivity contribution in [2.45, 2.75) is 32.9 Å². The molecule has 1 aliphatic rings. The van der Waals surface area contributed by atoms with Gasteiger partial charge in [-0.05, 0) is 17.9 Å². The minimum Gasteiger partial charge on any atom is -0.491 e. The maximum Gasteiger partial charge on any atom is 0.123 e. The number of nitrogens with zero attached hydrogens (tertiary/aromatic N) is 1. The first-order valence-electron chi connectivity index (χ1n) is 7.70. The Kier molecular flexibility index (Phi) is 7.63. The molecule has 2 N–H and O–H groups in total. The molecule has 1 heterocycles. The molecule has 1 aromatic rings. The van der Waals surface area contributed by atoms with Crippen LogP contribution in [0.2, 0.25) is 0 Å². The van der Waals surface area contributed by atoms with Crippen LogP contribution in [-0.2, 0) is 11.3 Å². The zero-order valence-corrected chi connectivity index (χ0v) is 14.7. The number of para-hydroxylation sites is 1. The predicted molar refractivity (Wildman–Crippen MR) is 92.7 cm³/mol. The van der Waals surface area contributed by atoms with Gasteiger partial charge in [0.2, 0.25) is 0 Å². The molecule has 0 radical (unpaired) electrons. The zero-order chi connectivity index (χ0) is 15.3. The van der Waals surface area contributed by atoms with Crippen molar-refractivity contribution >= 4 is 12.4 Å². The van der Waals surface area contributed by atoms with Crippen molar-refractivity contribution in [2.24, 2.45) is 11.1 Å². The van der Waals surface area contributed by atoms with Gasteiger partial charge < -0.3 is 15.2 Å². The van der Waals surface area contributed by atoms with Gasteiger partial charge in [-0.3, -0.25) is 4.90 Å². The summed E-state index contributed by atoms with van der Waals surface area (Å²) in [6.07, 6.45) is 1.06. The summed E-state index contributed by atoms with van der Waals surface area (Å²) in [5.74, 6) is 0.960. The fourth-order valence-electron chi connectivity index (χ4n) is 2.87. The van der Waals surface area contributed by atoms with Gasteiger partial charge in [-0.25, -0.2) is 0 Å². The van der Waals surface area contributed by atoms with E-state index in [0.29, 0.717) is 19.3 Å². The minimum absolute atomic E-state index is 0. The summed E-state index contributed by atoms with van der Waals surface area (Å²) < 4.78 is 10.9. The molecule has 1 saturated heterocycles. The summed E-state index contributed by atoms with van der Waals surface area (Å²) in [4.78, 5) is 2.47. The van der Waals surface area contributed by atoms with Crippen molar-refractivity contribution in [3.63, 3.8) is 0 Å². The second-order valence-electron chi connectivity index (χ2n) is 6.54. The summed E-state index contributed by atoms with van der Waals surface area (Å²) in [5.41, 5.74) is 7.62. The number of rotatable bonds is 6. The topological polar surface area (TPSA) is 47.7 Å². The molecule has 1 atom stereocenters. The normalized spacial score (nSPS) is 21.2. The van der Waals surface area contributed by atoms with Gasteiger partial charge in [0.05, 0.1) is 6.61 Å². The van der Waals surface area contributed by atoms with Crippen molar-refractivity contribution in [3.8, 4) is 5.75 Å². The van der Waals surface area contributed by atoms with E-state index in [1.165, 1.54) is 5.56 Å². The van der Waals surface area contributed by atoms with Crippen LogP contribution >= 0.6 is 12.4 Å². The highest BCUT2D eigenvalue weighted by Gasteiger charge is 2.33. The van der Waals surface area contributed by atoms with Gasteiger partial charge in [-0.2, -0.15) is 0 Å². The molecule has 4 nitrogen and oxygen atoms in total. The lowest BCUT2D eigenvalue weighted by Crippen LogP contribution is -2.52. The van der Waals surface area contributed by atoms with Gasteiger partial charge in [-0.15, -0.1) is 12.4 Å². The Morgan fingerprint density at radius 2 is 2.00 bits per heavy atom. The van der Waals surface area contributed by atoms with Crippen LogP contribution in [0.1, 0.15) is 25.8 Å². The summed E-state index contributed by atoms with van der Waals surface area (Å²) in [7, 11) is 1.69. The van der Waals surface area contributed by atoms with Crippen LogP contribution in [0, 0.1) is 5.41 Å². The highest BCUT2D eigenvalue weighted by atomic mass is 35.5. The lowest BCUT2D eigenvalue weighted by Gasteiger charge is -2.42. The SMILES string of the molecule is COCCOc1ccccc1CN1CCC(N)C(C)(C)C1.Cl. The molecule has 0 saturated carbocycles. The van der Waals surface area contributed by atoms with Gasteiger partial charge in [-0.1, -0.05) is 32.0 Å². The van der Waals surface area contributed by atoms with Crippen LogP contribution in [-0.4, -0.2) is 44.4 Å². The highest BCUT2D eigenvalue weighted by Crippen LogP contribution is 2.30. The Labute approximate surface area is 140 Å². The third kappa shape index (κ3) is 5.13. The molecule has 0 aliphatic carbocycles. The number of benzene rings is 1. The number of halogens is 1. The number of methoxy groups -OCH3 is 1. The van der Waals surface area contributed by atoms with Crippen LogP contribution in [0.25, 0.3) is 0 Å². The Morgan fingerprint density at radius 1 is 1.27 bits per heavy atom. The monoisotopic (exact) mass is 328 g/mol. The molecule has 1 aromatic carbocycles. The van der Waals surface area contributed by atoms with Gasteiger partial charge in [0.1, 0.15) is 12.4 Å². The Bertz CT molecular complexity index is 454. The summed E-state index contributed by atoms with van der Waals surface area (Å²) in [5, 5.41) is 0. The van der Waals surface area contributed by atoms with E-state index in [1.54, 1.807) is 7.11 Å². The number of ether oxygens (including phenoxy) is 2. The maximum atomic E-state index is 6.21. The minimum atomic E-state index is 0. The van der Waals surface area contributed by atoms with Crippen LogP contribution in [0.15, 0.2) is 24.3 Å². The third-order valence-corrected chi connectivity index (χ3v) is 4.30. The molecular weight excluding hydrogens is 300 g/mol. The largest absolute Gasteiger partial charge is 0.491 e. The molecule has 1 unspecified atom stereocenters. The van der Waals surface area contributed by atoms with E-state index in [2.05, 4.69) is 30.9 Å². The number of hydrogen-bond acceptors (Lipinski definition) is 4. The van der Waals surface area contributed by atoms with Gasteiger partial charge in [0.15, 0.2) is 0 Å². The molecule has 126 valence electrons. The lowest BCUT2D eigenvalue weighted by atomic mass is 9.79.